The van der Waals surface area contributed by atoms with E-state index >= 15 is 0 Å². The van der Waals surface area contributed by atoms with E-state index in [9.17, 15) is 9.18 Å². The Kier molecular flexibility index (Phi) is 6.34. The Labute approximate surface area is 187 Å². The van der Waals surface area contributed by atoms with Crippen LogP contribution in [0, 0.1) is 5.82 Å². The molecule has 0 bridgehead atoms. The molecule has 0 atom stereocenters. The summed E-state index contributed by atoms with van der Waals surface area (Å²) < 4.78 is 21.1. The molecule has 0 radical (unpaired) electrons. The lowest BCUT2D eigenvalue weighted by atomic mass is 10.1. The van der Waals surface area contributed by atoms with Crippen LogP contribution in [0.1, 0.15) is 15.9 Å². The van der Waals surface area contributed by atoms with Crippen molar-refractivity contribution in [2.75, 3.05) is 7.11 Å². The first-order chi connectivity index (χ1) is 15.1. The largest absolute Gasteiger partial charge is 0.465 e. The third kappa shape index (κ3) is 4.47. The molecule has 0 fully saturated rings. The van der Waals surface area contributed by atoms with Crippen LogP contribution in [0.4, 0.5) is 4.39 Å². The van der Waals surface area contributed by atoms with Gasteiger partial charge in [0.2, 0.25) is 0 Å². The number of hydrogen-bond acceptors (Lipinski definition) is 5. The molecule has 0 saturated carbocycles. The fourth-order valence-corrected chi connectivity index (χ4v) is 4.19. The lowest BCUT2D eigenvalue weighted by Crippen LogP contribution is -2.03. The summed E-state index contributed by atoms with van der Waals surface area (Å²) in [6, 6.07) is 20.8. The molecule has 5 nitrogen and oxygen atoms in total. The number of hydrogen-bond donors (Lipinski definition) is 0. The number of aromatic nitrogens is 3. The van der Waals surface area contributed by atoms with E-state index in [0.717, 1.165) is 5.56 Å². The Morgan fingerprint density at radius 3 is 2.61 bits per heavy atom. The topological polar surface area (TPSA) is 57.0 Å². The van der Waals surface area contributed by atoms with Gasteiger partial charge in [-0.2, -0.15) is 0 Å². The van der Waals surface area contributed by atoms with E-state index in [1.165, 1.54) is 24.9 Å². The Balaban J connectivity index is 1.73. The molecule has 0 aliphatic heterocycles. The predicted molar refractivity (Wildman–Crippen MR) is 119 cm³/mol. The number of rotatable bonds is 6. The van der Waals surface area contributed by atoms with Crippen molar-refractivity contribution < 1.29 is 13.9 Å². The molecular weight excluding hydrogens is 437 g/mol. The zero-order chi connectivity index (χ0) is 21.8. The monoisotopic (exact) mass is 453 g/mol. The predicted octanol–water partition coefficient (Wildman–Crippen LogP) is 5.81. The summed E-state index contributed by atoms with van der Waals surface area (Å²) in [6.07, 6.45) is 0. The molecule has 4 aromatic rings. The first kappa shape index (κ1) is 21.1. The van der Waals surface area contributed by atoms with E-state index in [0.29, 0.717) is 38.6 Å². The van der Waals surface area contributed by atoms with E-state index in [4.69, 9.17) is 16.3 Å². The van der Waals surface area contributed by atoms with Gasteiger partial charge in [0.05, 0.1) is 23.4 Å². The van der Waals surface area contributed by atoms with Crippen molar-refractivity contribution in [2.24, 2.45) is 0 Å². The van der Waals surface area contributed by atoms with Crippen LogP contribution in [0.2, 0.25) is 5.02 Å². The quantitative estimate of drug-likeness (QED) is 0.272. The molecule has 3 aromatic carbocycles. The molecule has 31 heavy (non-hydrogen) atoms. The van der Waals surface area contributed by atoms with Crippen molar-refractivity contribution in [2.45, 2.75) is 10.9 Å². The van der Waals surface area contributed by atoms with E-state index in [1.54, 1.807) is 47.0 Å². The Morgan fingerprint density at radius 1 is 1.06 bits per heavy atom. The molecule has 1 aromatic heterocycles. The van der Waals surface area contributed by atoms with Crippen LogP contribution in [0.25, 0.3) is 17.1 Å². The van der Waals surface area contributed by atoms with Gasteiger partial charge in [-0.05, 0) is 42.0 Å². The number of carbonyl (C=O) groups is 1. The second-order valence-electron chi connectivity index (χ2n) is 6.55. The molecule has 0 aliphatic rings. The molecule has 1 heterocycles. The zero-order valence-corrected chi connectivity index (χ0v) is 18.0. The minimum Gasteiger partial charge on any atom is -0.465 e. The third-order valence-corrected chi connectivity index (χ3v) is 5.89. The first-order valence-electron chi connectivity index (χ1n) is 9.33. The van der Waals surface area contributed by atoms with Gasteiger partial charge in [0.15, 0.2) is 11.0 Å². The van der Waals surface area contributed by atoms with Crippen LogP contribution in [0.3, 0.4) is 0 Å². The summed E-state index contributed by atoms with van der Waals surface area (Å²) in [6.45, 7) is 0. The lowest BCUT2D eigenvalue weighted by Gasteiger charge is -2.12. The number of ether oxygens (including phenoxy) is 1. The molecule has 4 rings (SSSR count). The van der Waals surface area contributed by atoms with Gasteiger partial charge in [-0.3, -0.25) is 4.57 Å². The zero-order valence-electron chi connectivity index (χ0n) is 16.5. The maximum Gasteiger partial charge on any atom is 0.337 e. The Hall–Kier alpha value is -3.16. The number of thioether (sulfide) groups is 1. The molecule has 0 N–H and O–H groups in total. The van der Waals surface area contributed by atoms with Crippen LogP contribution in [0.5, 0.6) is 0 Å². The first-order valence-corrected chi connectivity index (χ1v) is 10.7. The molecule has 0 unspecified atom stereocenters. The smallest absolute Gasteiger partial charge is 0.337 e. The van der Waals surface area contributed by atoms with E-state index in [2.05, 4.69) is 10.2 Å². The number of carbonyl (C=O) groups excluding carboxylic acids is 1. The van der Waals surface area contributed by atoms with Gasteiger partial charge in [0.25, 0.3) is 0 Å². The van der Waals surface area contributed by atoms with E-state index in [-0.39, 0.29) is 0 Å². The van der Waals surface area contributed by atoms with Gasteiger partial charge in [0.1, 0.15) is 5.82 Å². The van der Waals surface area contributed by atoms with Crippen LogP contribution in [-0.2, 0) is 10.5 Å². The van der Waals surface area contributed by atoms with Crippen molar-refractivity contribution in [1.82, 2.24) is 14.8 Å². The van der Waals surface area contributed by atoms with E-state index in [1.807, 2.05) is 24.3 Å². The minimum absolute atomic E-state index is 0.327. The van der Waals surface area contributed by atoms with Crippen molar-refractivity contribution >= 4 is 29.3 Å². The SMILES string of the molecule is COC(=O)c1cccc(CSc2nnc(-c3ccccc3Cl)n2-c2ccccc2F)c1. The maximum absolute atomic E-state index is 14.7. The van der Waals surface area contributed by atoms with Crippen LogP contribution in [-0.4, -0.2) is 27.8 Å². The van der Waals surface area contributed by atoms with Crippen LogP contribution >= 0.6 is 23.4 Å². The Bertz CT molecular complexity index is 1240. The number of methoxy groups -OCH3 is 1. The number of halogens is 2. The lowest BCUT2D eigenvalue weighted by molar-refractivity contribution is 0.0600. The summed E-state index contributed by atoms with van der Waals surface area (Å²) >= 11 is 7.76. The standard InChI is InChI=1S/C23H17ClFN3O2S/c1-30-22(29)16-8-6-7-15(13-16)14-31-23-27-26-21(17-9-2-3-10-18(17)24)28(23)20-12-5-4-11-19(20)25/h2-13H,14H2,1H3. The average Bonchev–Trinajstić information content (AvgIpc) is 3.21. The second-order valence-corrected chi connectivity index (χ2v) is 7.90. The van der Waals surface area contributed by atoms with Crippen molar-refractivity contribution in [3.63, 3.8) is 0 Å². The Morgan fingerprint density at radius 2 is 1.84 bits per heavy atom. The summed E-state index contributed by atoms with van der Waals surface area (Å²) in [7, 11) is 1.34. The summed E-state index contributed by atoms with van der Waals surface area (Å²) in [4.78, 5) is 11.8. The second kappa shape index (κ2) is 9.32. The molecule has 0 spiro atoms. The highest BCUT2D eigenvalue weighted by Gasteiger charge is 2.20. The number of benzene rings is 3. The molecule has 156 valence electrons. The van der Waals surface area contributed by atoms with Crippen molar-refractivity contribution in [3.05, 3.63) is 94.8 Å². The van der Waals surface area contributed by atoms with Crippen molar-refractivity contribution in [3.8, 4) is 17.1 Å². The summed E-state index contributed by atoms with van der Waals surface area (Å²) in [5, 5.41) is 9.60. The normalized spacial score (nSPS) is 10.8. The van der Waals surface area contributed by atoms with Crippen LogP contribution in [0.15, 0.2) is 78.0 Å². The highest BCUT2D eigenvalue weighted by Crippen LogP contribution is 2.33. The molecular formula is C23H17ClFN3O2S. The maximum atomic E-state index is 14.7. The van der Waals surface area contributed by atoms with E-state index < -0.39 is 11.8 Å². The fourth-order valence-electron chi connectivity index (χ4n) is 3.08. The molecule has 8 heteroatoms. The third-order valence-electron chi connectivity index (χ3n) is 4.56. The van der Waals surface area contributed by atoms with Gasteiger partial charge in [0, 0.05) is 11.3 Å². The van der Waals surface area contributed by atoms with Gasteiger partial charge in [-0.1, -0.05) is 59.8 Å². The van der Waals surface area contributed by atoms with Crippen molar-refractivity contribution in [1.29, 1.82) is 0 Å². The van der Waals surface area contributed by atoms with Gasteiger partial charge >= 0.3 is 5.97 Å². The molecule has 0 amide bonds. The highest BCUT2D eigenvalue weighted by molar-refractivity contribution is 7.98. The van der Waals surface area contributed by atoms with Crippen LogP contribution < -0.4 is 0 Å². The number of esters is 1. The van der Waals surface area contributed by atoms with Gasteiger partial charge < -0.3 is 4.74 Å². The summed E-state index contributed by atoms with van der Waals surface area (Å²) in [5.41, 5.74) is 2.34. The van der Waals surface area contributed by atoms with Gasteiger partial charge in [-0.15, -0.1) is 10.2 Å². The minimum atomic E-state index is -0.401. The highest BCUT2D eigenvalue weighted by atomic mass is 35.5. The fraction of sp³-hybridized carbons (Fsp3) is 0.0870. The summed E-state index contributed by atoms with van der Waals surface area (Å²) in [5.74, 6) is 0.147. The molecule has 0 aliphatic carbocycles. The van der Waals surface area contributed by atoms with Gasteiger partial charge in [-0.25, -0.2) is 9.18 Å². The molecule has 0 saturated heterocycles. The number of para-hydroxylation sites is 1. The number of nitrogens with zero attached hydrogens (tertiary/aromatic N) is 3. The average molecular weight is 454 g/mol.